The summed E-state index contributed by atoms with van der Waals surface area (Å²) in [6.45, 7) is 16.4. The molecule has 2 unspecified atom stereocenters. The van der Waals surface area contributed by atoms with Crippen LogP contribution in [-0.2, 0) is 19.6 Å². The van der Waals surface area contributed by atoms with Crippen LogP contribution in [0.2, 0.25) is 0 Å². The SMILES string of the molecule is C.C.CNC.Cc1cccc(-c2nnc3n2CCN(C(=O)c2ccc(-c4ccccc4)cc2)C3C)n1.Cc1cccc(-c2nnc3n2CCN(C(=O)c2ccc(-c4ccccc4)cc2)[C@@H]3C)n1.Cc1cccc(-c2nnc3n2CCNC3C)n1.O=C(Cl)c1ccc(-c2ccccc2)cc1. The number of nitrogens with one attached hydrogen (secondary N) is 2. The van der Waals surface area contributed by atoms with Crippen molar-refractivity contribution in [2.75, 3.05) is 33.7 Å². The van der Waals surface area contributed by atoms with Crippen molar-refractivity contribution < 1.29 is 14.4 Å². The first-order valence-electron chi connectivity index (χ1n) is 32.4. The third-order valence-corrected chi connectivity index (χ3v) is 17.1. The van der Waals surface area contributed by atoms with Crippen LogP contribution < -0.4 is 10.6 Å². The second-order valence-electron chi connectivity index (χ2n) is 23.7. The summed E-state index contributed by atoms with van der Waals surface area (Å²) in [6, 6.07) is 70.8. The Bertz CT molecular complexity index is 4420. The van der Waals surface area contributed by atoms with E-state index in [1.54, 1.807) is 12.1 Å². The molecule has 0 spiro atoms. The van der Waals surface area contributed by atoms with Gasteiger partial charge >= 0.3 is 0 Å². The summed E-state index contributed by atoms with van der Waals surface area (Å²) in [7, 11) is 3.75. The minimum absolute atomic E-state index is 0. The van der Waals surface area contributed by atoms with Gasteiger partial charge in [0.15, 0.2) is 29.1 Å². The fourth-order valence-electron chi connectivity index (χ4n) is 11.9. The van der Waals surface area contributed by atoms with Gasteiger partial charge < -0.3 is 34.1 Å². The topological polar surface area (TPSA) is 213 Å². The van der Waals surface area contributed by atoms with Gasteiger partial charge in [0.1, 0.15) is 22.9 Å². The molecule has 0 bridgehead atoms. The van der Waals surface area contributed by atoms with E-state index in [4.69, 9.17) is 11.6 Å². The summed E-state index contributed by atoms with van der Waals surface area (Å²) < 4.78 is 6.31. The van der Waals surface area contributed by atoms with Crippen molar-refractivity contribution in [3.05, 3.63) is 270 Å². The molecular formula is C79H85ClN16O3. The Morgan fingerprint density at radius 3 is 1.01 bits per heavy atom. The average Bonchev–Trinajstić information content (AvgIpc) is 1.70. The Hall–Kier alpha value is -11.0. The number of amides is 2. The van der Waals surface area contributed by atoms with Crippen molar-refractivity contribution in [2.24, 2.45) is 0 Å². The van der Waals surface area contributed by atoms with Gasteiger partial charge in [-0.1, -0.05) is 160 Å². The Morgan fingerprint density at radius 2 is 0.687 bits per heavy atom. The molecule has 3 atom stereocenters. The van der Waals surface area contributed by atoms with Gasteiger partial charge in [-0.25, -0.2) is 15.0 Å². The van der Waals surface area contributed by atoms with Gasteiger partial charge in [-0.05, 0) is 173 Å². The summed E-state index contributed by atoms with van der Waals surface area (Å²) in [6.07, 6.45) is 0. The zero-order valence-electron chi connectivity index (χ0n) is 55.6. The first-order chi connectivity index (χ1) is 47.2. The summed E-state index contributed by atoms with van der Waals surface area (Å²) in [4.78, 5) is 54.8. The van der Waals surface area contributed by atoms with E-state index in [9.17, 15) is 14.4 Å². The predicted octanol–water partition coefficient (Wildman–Crippen LogP) is 15.2. The molecule has 15 rings (SSSR count). The van der Waals surface area contributed by atoms with Gasteiger partial charge in [0.05, 0.1) is 18.1 Å². The number of nitrogens with zero attached hydrogens (tertiary/aromatic N) is 14. The number of aryl methyl sites for hydroxylation is 3. The Balaban J connectivity index is 0.000000158. The summed E-state index contributed by atoms with van der Waals surface area (Å²) in [5, 5.41) is 31.8. The Morgan fingerprint density at radius 1 is 0.384 bits per heavy atom. The van der Waals surface area contributed by atoms with Crippen molar-refractivity contribution in [3.63, 3.8) is 0 Å². The van der Waals surface area contributed by atoms with E-state index in [0.717, 1.165) is 116 Å². The third-order valence-electron chi connectivity index (χ3n) is 16.9. The molecule has 0 saturated heterocycles. The lowest BCUT2D eigenvalue weighted by molar-refractivity contribution is 0.0631. The Kier molecular flexibility index (Phi) is 24.7. The maximum absolute atomic E-state index is 13.2. The molecule has 6 aromatic carbocycles. The molecule has 9 heterocycles. The van der Waals surface area contributed by atoms with Crippen LogP contribution in [0.15, 0.2) is 218 Å². The van der Waals surface area contributed by atoms with Gasteiger partial charge in [-0.2, -0.15) is 0 Å². The largest absolute Gasteiger partial charge is 0.327 e. The molecule has 3 aliphatic heterocycles. The molecule has 2 N–H and O–H groups in total. The van der Waals surface area contributed by atoms with E-state index >= 15 is 0 Å². The summed E-state index contributed by atoms with van der Waals surface area (Å²) in [5.74, 6) is 4.98. The van der Waals surface area contributed by atoms with Crippen LogP contribution in [0.5, 0.6) is 0 Å². The van der Waals surface area contributed by atoms with Crippen LogP contribution in [0.4, 0.5) is 0 Å². The predicted molar refractivity (Wildman–Crippen MR) is 394 cm³/mol. The number of pyridine rings is 3. The smallest absolute Gasteiger partial charge is 0.254 e. The fraction of sp³-hybridized carbons (Fsp3) is 0.241. The van der Waals surface area contributed by atoms with E-state index < -0.39 is 5.24 Å². The standard InChI is InChI=1S/2C25H23N5O.C13H9ClO.C12H15N5.C2H7N.2CH4/c2*1-17-7-6-10-22(26-17)24-28-27-23-18(2)29(15-16-30(23)24)25(31)21-13-11-20(12-14-21)19-8-4-3-5-9-19;14-13(15)12-8-6-11(7-9-12)10-4-2-1-3-5-10;1-8-4-3-5-10(14-8)12-16-15-11-9(2)13-6-7-17(11)12;1-3-2;;/h2*3-14,18H,15-16H2,1-2H3;1-9H;3-5,9,13H,6-7H2,1-2H3;3H,1-2H3;2*1H4/t18-;;;;;;/m1....../s1. The minimum atomic E-state index is -0.422. The number of halogens is 1. The summed E-state index contributed by atoms with van der Waals surface area (Å²) in [5.41, 5.74) is 14.0. The monoisotopic (exact) mass is 1340 g/mol. The molecule has 506 valence electrons. The normalized spacial score (nSPS) is 14.7. The first-order valence-corrected chi connectivity index (χ1v) is 32.8. The fourth-order valence-corrected chi connectivity index (χ4v) is 12.0. The molecule has 0 fully saturated rings. The van der Waals surface area contributed by atoms with Crippen molar-refractivity contribution in [1.29, 1.82) is 0 Å². The maximum Gasteiger partial charge on any atom is 0.254 e. The highest BCUT2D eigenvalue weighted by atomic mass is 35.5. The number of fused-ring (bicyclic) bond motifs is 3. The van der Waals surface area contributed by atoms with Crippen LogP contribution in [0, 0.1) is 20.8 Å². The quantitative estimate of drug-likeness (QED) is 0.129. The molecule has 19 nitrogen and oxygen atoms in total. The van der Waals surface area contributed by atoms with E-state index in [-0.39, 0.29) is 44.8 Å². The van der Waals surface area contributed by atoms with Crippen LogP contribution in [0.3, 0.4) is 0 Å². The molecule has 12 aromatic rings. The number of carbonyl (C=O) groups excluding carboxylic acids is 3. The number of carbonyl (C=O) groups is 3. The van der Waals surface area contributed by atoms with Gasteiger partial charge in [-0.15, -0.1) is 30.6 Å². The highest BCUT2D eigenvalue weighted by molar-refractivity contribution is 6.67. The van der Waals surface area contributed by atoms with Gasteiger partial charge in [0, 0.05) is 73.0 Å². The number of aromatic nitrogens is 12. The first kappa shape index (κ1) is 72.3. The Labute approximate surface area is 585 Å². The van der Waals surface area contributed by atoms with Gasteiger partial charge in [0.2, 0.25) is 0 Å². The molecule has 3 aliphatic rings. The average molecular weight is 1340 g/mol. The number of hydrogen-bond donors (Lipinski definition) is 2. The van der Waals surface area contributed by atoms with E-state index in [0.29, 0.717) is 42.9 Å². The van der Waals surface area contributed by atoms with E-state index in [1.165, 1.54) is 0 Å². The van der Waals surface area contributed by atoms with Crippen molar-refractivity contribution in [1.82, 2.24) is 79.7 Å². The zero-order valence-corrected chi connectivity index (χ0v) is 56.4. The highest BCUT2D eigenvalue weighted by Gasteiger charge is 2.34. The second-order valence-corrected chi connectivity index (χ2v) is 24.1. The lowest BCUT2D eigenvalue weighted by atomic mass is 10.0. The van der Waals surface area contributed by atoms with E-state index in [1.807, 2.05) is 241 Å². The number of rotatable bonds is 9. The molecule has 2 amide bonds. The molecule has 6 aromatic heterocycles. The van der Waals surface area contributed by atoms with Crippen LogP contribution in [0.25, 0.3) is 67.9 Å². The molecule has 99 heavy (non-hydrogen) atoms. The van der Waals surface area contributed by atoms with Crippen molar-refractivity contribution in [3.8, 4) is 67.9 Å². The van der Waals surface area contributed by atoms with Crippen LogP contribution >= 0.6 is 11.6 Å². The number of benzene rings is 6. The highest BCUT2D eigenvalue weighted by Crippen LogP contribution is 2.33. The van der Waals surface area contributed by atoms with Crippen molar-refractivity contribution in [2.45, 2.75) is 94.2 Å². The molecule has 20 heteroatoms. The van der Waals surface area contributed by atoms with Gasteiger partial charge in [-0.3, -0.25) is 14.4 Å². The second kappa shape index (κ2) is 33.8. The van der Waals surface area contributed by atoms with Gasteiger partial charge in [0.25, 0.3) is 17.1 Å². The number of hydrogen-bond acceptors (Lipinski definition) is 14. The lowest BCUT2D eigenvalue weighted by Gasteiger charge is -2.33. The minimum Gasteiger partial charge on any atom is -0.327 e. The lowest BCUT2D eigenvalue weighted by Crippen LogP contribution is -2.41. The molecule has 0 radical (unpaired) electrons. The summed E-state index contributed by atoms with van der Waals surface area (Å²) >= 11 is 5.36. The van der Waals surface area contributed by atoms with Crippen LogP contribution in [0.1, 0.15) is 119 Å². The molecular weight excluding hydrogens is 1260 g/mol. The molecule has 0 aliphatic carbocycles. The third kappa shape index (κ3) is 17.1. The zero-order chi connectivity index (χ0) is 68.0. The van der Waals surface area contributed by atoms with Crippen LogP contribution in [-0.4, -0.2) is 120 Å². The van der Waals surface area contributed by atoms with Crippen molar-refractivity contribution >= 4 is 28.7 Å². The van der Waals surface area contributed by atoms with E-state index in [2.05, 4.69) is 101 Å². The molecule has 0 saturated carbocycles. The maximum atomic E-state index is 13.2.